The van der Waals surface area contributed by atoms with Crippen molar-refractivity contribution in [2.45, 2.75) is 25.6 Å². The van der Waals surface area contributed by atoms with E-state index < -0.39 is 0 Å². The number of aromatic nitrogens is 1. The number of thiazole rings is 1. The van der Waals surface area contributed by atoms with E-state index in [0.29, 0.717) is 25.4 Å². The maximum atomic E-state index is 12.7. The number of carbonyl (C=O) groups excluding carboxylic acids is 1. The van der Waals surface area contributed by atoms with Gasteiger partial charge >= 0.3 is 0 Å². The molecule has 1 amide bonds. The molecule has 0 aliphatic carbocycles. The molecule has 2 unspecified atom stereocenters. The average molecular weight is 354 g/mol. The lowest BCUT2D eigenvalue weighted by atomic mass is 10.1. The van der Waals surface area contributed by atoms with Crippen LogP contribution >= 0.6 is 23.7 Å². The molecule has 7 heteroatoms. The smallest absolute Gasteiger partial charge is 0.273 e. The van der Waals surface area contributed by atoms with E-state index in [-0.39, 0.29) is 30.5 Å². The van der Waals surface area contributed by atoms with E-state index in [1.54, 1.807) is 5.38 Å². The summed E-state index contributed by atoms with van der Waals surface area (Å²) in [5, 5.41) is 2.56. The second-order valence-corrected chi connectivity index (χ2v) is 6.31. The number of hydrogen-bond acceptors (Lipinski definition) is 5. The van der Waals surface area contributed by atoms with Gasteiger partial charge in [-0.3, -0.25) is 4.79 Å². The molecule has 1 aromatic carbocycles. The van der Waals surface area contributed by atoms with Crippen LogP contribution in [-0.4, -0.2) is 35.0 Å². The predicted molar refractivity (Wildman–Crippen MR) is 92.9 cm³/mol. The number of nitrogens with zero attached hydrogens (tertiary/aromatic N) is 2. The Morgan fingerprint density at radius 2 is 2.17 bits per heavy atom. The lowest BCUT2D eigenvalue weighted by Gasteiger charge is -2.37. The Morgan fingerprint density at radius 3 is 2.83 bits per heavy atom. The maximum Gasteiger partial charge on any atom is 0.273 e. The molecule has 1 aliphatic heterocycles. The van der Waals surface area contributed by atoms with Crippen molar-refractivity contribution in [1.82, 2.24) is 9.88 Å². The third-order valence-corrected chi connectivity index (χ3v) is 4.68. The van der Waals surface area contributed by atoms with Gasteiger partial charge in [-0.1, -0.05) is 30.3 Å². The zero-order chi connectivity index (χ0) is 15.5. The molecule has 1 aromatic heterocycles. The van der Waals surface area contributed by atoms with E-state index >= 15 is 0 Å². The summed E-state index contributed by atoms with van der Waals surface area (Å²) in [6, 6.07) is 10.0. The summed E-state index contributed by atoms with van der Waals surface area (Å²) in [6.45, 7) is 3.43. The molecule has 124 valence electrons. The van der Waals surface area contributed by atoms with Crippen LogP contribution in [0.15, 0.2) is 35.7 Å². The van der Waals surface area contributed by atoms with Crippen molar-refractivity contribution < 1.29 is 9.53 Å². The van der Waals surface area contributed by atoms with Crippen molar-refractivity contribution >= 4 is 29.7 Å². The van der Waals surface area contributed by atoms with Gasteiger partial charge in [0.25, 0.3) is 5.91 Å². The standard InChI is InChI=1S/C16H19N3O2S.ClH/c1-11-9-21-14(12-5-3-2-4-6-12)8-19(11)16(20)13-10-22-15(7-17)18-13;/h2-6,10-11,14H,7-9,17H2,1H3;1H. The summed E-state index contributed by atoms with van der Waals surface area (Å²) < 4.78 is 5.89. The topological polar surface area (TPSA) is 68.5 Å². The van der Waals surface area contributed by atoms with E-state index in [0.717, 1.165) is 10.6 Å². The van der Waals surface area contributed by atoms with Crippen LogP contribution in [0.2, 0.25) is 0 Å². The van der Waals surface area contributed by atoms with Crippen LogP contribution in [-0.2, 0) is 11.3 Å². The molecule has 0 saturated carbocycles. The molecule has 2 atom stereocenters. The van der Waals surface area contributed by atoms with Crippen LogP contribution in [0.4, 0.5) is 0 Å². The van der Waals surface area contributed by atoms with Crippen LogP contribution in [0, 0.1) is 0 Å². The Hall–Kier alpha value is -1.47. The summed E-state index contributed by atoms with van der Waals surface area (Å²) in [5.41, 5.74) is 7.14. The van der Waals surface area contributed by atoms with Gasteiger partial charge in [0.05, 0.1) is 19.2 Å². The number of halogens is 1. The Kier molecular flexibility index (Phi) is 6.12. The van der Waals surface area contributed by atoms with Crippen molar-refractivity contribution in [1.29, 1.82) is 0 Å². The molecule has 1 aliphatic rings. The first-order chi connectivity index (χ1) is 10.7. The summed E-state index contributed by atoms with van der Waals surface area (Å²) in [5.74, 6) is -0.0484. The van der Waals surface area contributed by atoms with E-state index in [9.17, 15) is 4.79 Å². The molecular weight excluding hydrogens is 334 g/mol. The first kappa shape index (κ1) is 17.9. The molecule has 1 saturated heterocycles. The normalized spacial score (nSPS) is 20.9. The number of nitrogens with two attached hydrogens (primary N) is 1. The largest absolute Gasteiger partial charge is 0.370 e. The lowest BCUT2D eigenvalue weighted by Crippen LogP contribution is -2.48. The van der Waals surface area contributed by atoms with E-state index in [1.165, 1.54) is 11.3 Å². The molecular formula is C16H20ClN3O2S. The number of ether oxygens (including phenoxy) is 1. The van der Waals surface area contributed by atoms with E-state index in [1.807, 2.05) is 42.2 Å². The van der Waals surface area contributed by atoms with Gasteiger partial charge in [-0.05, 0) is 12.5 Å². The molecule has 5 nitrogen and oxygen atoms in total. The number of hydrogen-bond donors (Lipinski definition) is 1. The highest BCUT2D eigenvalue weighted by Crippen LogP contribution is 2.26. The SMILES string of the molecule is CC1COC(c2ccccc2)CN1C(=O)c1csc(CN)n1.Cl. The third kappa shape index (κ3) is 3.90. The van der Waals surface area contributed by atoms with Crippen LogP contribution in [0.25, 0.3) is 0 Å². The van der Waals surface area contributed by atoms with Gasteiger partial charge < -0.3 is 15.4 Å². The second kappa shape index (κ2) is 7.88. The molecule has 0 radical (unpaired) electrons. The highest BCUT2D eigenvalue weighted by atomic mass is 35.5. The summed E-state index contributed by atoms with van der Waals surface area (Å²) in [4.78, 5) is 18.8. The fourth-order valence-electron chi connectivity index (χ4n) is 2.56. The van der Waals surface area contributed by atoms with Crippen molar-refractivity contribution in [2.24, 2.45) is 5.73 Å². The van der Waals surface area contributed by atoms with Crippen molar-refractivity contribution in [3.63, 3.8) is 0 Å². The summed E-state index contributed by atoms with van der Waals surface area (Å²) in [6.07, 6.45) is -0.0889. The predicted octanol–water partition coefficient (Wildman–Crippen LogP) is 2.63. The highest BCUT2D eigenvalue weighted by molar-refractivity contribution is 7.09. The Labute approximate surface area is 145 Å². The minimum absolute atomic E-state index is 0. The summed E-state index contributed by atoms with van der Waals surface area (Å²) in [7, 11) is 0. The fourth-order valence-corrected chi connectivity index (χ4v) is 3.21. The van der Waals surface area contributed by atoms with Crippen LogP contribution < -0.4 is 5.73 Å². The van der Waals surface area contributed by atoms with Gasteiger partial charge in [-0.25, -0.2) is 4.98 Å². The Balaban J connectivity index is 0.00000192. The first-order valence-corrected chi connectivity index (χ1v) is 8.19. The van der Waals surface area contributed by atoms with Crippen LogP contribution in [0.3, 0.4) is 0 Å². The molecule has 1 fully saturated rings. The fraction of sp³-hybridized carbons (Fsp3) is 0.375. The Morgan fingerprint density at radius 1 is 1.43 bits per heavy atom. The lowest BCUT2D eigenvalue weighted by molar-refractivity contribution is -0.0488. The van der Waals surface area contributed by atoms with Crippen LogP contribution in [0.5, 0.6) is 0 Å². The first-order valence-electron chi connectivity index (χ1n) is 7.31. The van der Waals surface area contributed by atoms with Crippen molar-refractivity contribution in [3.05, 3.63) is 52.0 Å². The molecule has 2 aromatic rings. The van der Waals surface area contributed by atoms with Gasteiger partial charge in [0.15, 0.2) is 0 Å². The molecule has 0 spiro atoms. The van der Waals surface area contributed by atoms with E-state index in [4.69, 9.17) is 10.5 Å². The molecule has 0 bridgehead atoms. The maximum absolute atomic E-state index is 12.7. The second-order valence-electron chi connectivity index (χ2n) is 5.37. The monoisotopic (exact) mass is 353 g/mol. The van der Waals surface area contributed by atoms with Gasteiger partial charge in [-0.2, -0.15) is 0 Å². The number of carbonyl (C=O) groups is 1. The average Bonchev–Trinajstić information content (AvgIpc) is 3.04. The van der Waals surface area contributed by atoms with Gasteiger partial charge in [0, 0.05) is 11.9 Å². The van der Waals surface area contributed by atoms with Gasteiger partial charge in [0.2, 0.25) is 0 Å². The highest BCUT2D eigenvalue weighted by Gasteiger charge is 2.31. The van der Waals surface area contributed by atoms with Crippen molar-refractivity contribution in [2.75, 3.05) is 13.2 Å². The Bertz CT molecular complexity index is 650. The third-order valence-electron chi connectivity index (χ3n) is 3.81. The number of rotatable bonds is 3. The molecule has 3 rings (SSSR count). The van der Waals surface area contributed by atoms with E-state index in [2.05, 4.69) is 4.98 Å². The molecule has 2 N–H and O–H groups in total. The van der Waals surface area contributed by atoms with Crippen LogP contribution in [0.1, 0.15) is 34.1 Å². The van der Waals surface area contributed by atoms with Crippen molar-refractivity contribution in [3.8, 4) is 0 Å². The minimum atomic E-state index is -0.0889. The number of benzene rings is 1. The molecule has 23 heavy (non-hydrogen) atoms. The number of amides is 1. The number of morpholine rings is 1. The quantitative estimate of drug-likeness (QED) is 0.921. The minimum Gasteiger partial charge on any atom is -0.370 e. The zero-order valence-electron chi connectivity index (χ0n) is 12.8. The zero-order valence-corrected chi connectivity index (χ0v) is 14.5. The van der Waals surface area contributed by atoms with Gasteiger partial charge in [0.1, 0.15) is 16.8 Å². The van der Waals surface area contributed by atoms with Gasteiger partial charge in [-0.15, -0.1) is 23.7 Å². The molecule has 2 heterocycles. The summed E-state index contributed by atoms with van der Waals surface area (Å²) >= 11 is 1.43.